The molecular formula is C18H26N2O2. The van der Waals surface area contributed by atoms with Gasteiger partial charge in [0.2, 0.25) is 5.91 Å². The number of allylic oxidation sites excluding steroid dienone is 1. The molecule has 0 heterocycles. The third-order valence-corrected chi connectivity index (χ3v) is 4.00. The van der Waals surface area contributed by atoms with Gasteiger partial charge in [-0.15, -0.1) is 0 Å². The number of hydrogen-bond donors (Lipinski definition) is 2. The molecule has 2 N–H and O–H groups in total. The molecule has 0 aromatic heterocycles. The molecule has 1 aliphatic carbocycles. The summed E-state index contributed by atoms with van der Waals surface area (Å²) in [5.41, 5.74) is 2.32. The molecule has 120 valence electrons. The number of amides is 1. The highest BCUT2D eigenvalue weighted by Gasteiger charge is 2.14. The van der Waals surface area contributed by atoms with Crippen LogP contribution < -0.4 is 15.4 Å². The number of benzene rings is 1. The second-order valence-electron chi connectivity index (χ2n) is 5.72. The van der Waals surface area contributed by atoms with Gasteiger partial charge in [0.1, 0.15) is 11.8 Å². The monoisotopic (exact) mass is 302 g/mol. The maximum atomic E-state index is 12.2. The first-order valence-electron chi connectivity index (χ1n) is 8.06. The van der Waals surface area contributed by atoms with Crippen molar-refractivity contribution in [2.75, 3.05) is 19.0 Å². The minimum Gasteiger partial charge on any atom is -0.495 e. The molecule has 4 nitrogen and oxygen atoms in total. The predicted molar refractivity (Wildman–Crippen MR) is 90.3 cm³/mol. The van der Waals surface area contributed by atoms with Crippen LogP contribution in [-0.2, 0) is 4.79 Å². The predicted octanol–water partition coefficient (Wildman–Crippen LogP) is 3.50. The van der Waals surface area contributed by atoms with Crippen molar-refractivity contribution in [1.82, 2.24) is 5.32 Å². The quantitative estimate of drug-likeness (QED) is 0.758. The first kappa shape index (κ1) is 16.4. The van der Waals surface area contributed by atoms with Crippen LogP contribution in [-0.4, -0.2) is 25.6 Å². The largest absolute Gasteiger partial charge is 0.495 e. The standard InChI is InChI=1S/C18H26N2O2/c1-14(20-16-10-6-7-11-17(16)22-2)18(21)19-13-12-15-8-4-3-5-9-15/h6-8,10-11,14,20H,3-5,9,12-13H2,1-2H3,(H,19,21)/t14-/m1/s1. The van der Waals surface area contributed by atoms with Crippen molar-refractivity contribution in [2.24, 2.45) is 0 Å². The SMILES string of the molecule is COc1ccccc1N[C@H](C)C(=O)NCCC1=CCCCC1. The smallest absolute Gasteiger partial charge is 0.242 e. The number of anilines is 1. The molecule has 2 rings (SSSR count). The van der Waals surface area contributed by atoms with Crippen LogP contribution in [0, 0.1) is 0 Å². The van der Waals surface area contributed by atoms with E-state index in [4.69, 9.17) is 4.74 Å². The zero-order valence-electron chi connectivity index (χ0n) is 13.5. The van der Waals surface area contributed by atoms with Gasteiger partial charge in [-0.2, -0.15) is 0 Å². The molecule has 1 amide bonds. The van der Waals surface area contributed by atoms with E-state index >= 15 is 0 Å². The molecule has 1 aliphatic rings. The average molecular weight is 302 g/mol. The summed E-state index contributed by atoms with van der Waals surface area (Å²) in [6.07, 6.45) is 8.25. The van der Waals surface area contributed by atoms with Crippen LogP contribution >= 0.6 is 0 Å². The van der Waals surface area contributed by atoms with E-state index in [9.17, 15) is 4.79 Å². The Bertz CT molecular complexity index is 526. The number of ether oxygens (including phenoxy) is 1. The molecule has 0 radical (unpaired) electrons. The van der Waals surface area contributed by atoms with E-state index in [1.165, 1.54) is 31.3 Å². The Labute approximate surface area is 132 Å². The second kappa shape index (κ2) is 8.47. The fourth-order valence-electron chi connectivity index (χ4n) is 2.69. The Morgan fingerprint density at radius 3 is 2.86 bits per heavy atom. The maximum absolute atomic E-state index is 12.2. The normalized spacial score (nSPS) is 15.6. The zero-order valence-corrected chi connectivity index (χ0v) is 13.5. The number of carbonyl (C=O) groups excluding carboxylic acids is 1. The van der Waals surface area contributed by atoms with Gasteiger partial charge in [0.15, 0.2) is 0 Å². The summed E-state index contributed by atoms with van der Waals surface area (Å²) >= 11 is 0. The van der Waals surface area contributed by atoms with Gasteiger partial charge in [0.25, 0.3) is 0 Å². The van der Waals surface area contributed by atoms with Crippen LogP contribution in [0.2, 0.25) is 0 Å². The summed E-state index contributed by atoms with van der Waals surface area (Å²) in [5, 5.41) is 6.20. The fraction of sp³-hybridized carbons (Fsp3) is 0.500. The number of nitrogens with one attached hydrogen (secondary N) is 2. The number of hydrogen-bond acceptors (Lipinski definition) is 3. The van der Waals surface area contributed by atoms with Gasteiger partial charge in [-0.3, -0.25) is 4.79 Å². The first-order valence-corrected chi connectivity index (χ1v) is 8.06. The lowest BCUT2D eigenvalue weighted by Gasteiger charge is -2.18. The molecular weight excluding hydrogens is 276 g/mol. The van der Waals surface area contributed by atoms with Crippen LogP contribution in [0.3, 0.4) is 0 Å². The Balaban J connectivity index is 1.78. The van der Waals surface area contributed by atoms with Crippen molar-refractivity contribution in [3.63, 3.8) is 0 Å². The fourth-order valence-corrected chi connectivity index (χ4v) is 2.69. The Morgan fingerprint density at radius 1 is 1.32 bits per heavy atom. The summed E-state index contributed by atoms with van der Waals surface area (Å²) < 4.78 is 5.28. The summed E-state index contributed by atoms with van der Waals surface area (Å²) in [5.74, 6) is 0.761. The van der Waals surface area contributed by atoms with Gasteiger partial charge < -0.3 is 15.4 Å². The van der Waals surface area contributed by atoms with E-state index in [2.05, 4.69) is 16.7 Å². The van der Waals surface area contributed by atoms with Crippen molar-refractivity contribution in [3.8, 4) is 5.75 Å². The van der Waals surface area contributed by atoms with Gasteiger partial charge in [-0.05, 0) is 51.2 Å². The van der Waals surface area contributed by atoms with E-state index in [0.29, 0.717) is 6.54 Å². The van der Waals surface area contributed by atoms with E-state index < -0.39 is 0 Å². The van der Waals surface area contributed by atoms with Gasteiger partial charge in [0.05, 0.1) is 12.8 Å². The van der Waals surface area contributed by atoms with Crippen molar-refractivity contribution in [3.05, 3.63) is 35.9 Å². The topological polar surface area (TPSA) is 50.4 Å². The van der Waals surface area contributed by atoms with E-state index in [1.54, 1.807) is 7.11 Å². The molecule has 1 aromatic rings. The Morgan fingerprint density at radius 2 is 2.14 bits per heavy atom. The summed E-state index contributed by atoms with van der Waals surface area (Å²) in [4.78, 5) is 12.2. The van der Waals surface area contributed by atoms with Crippen LogP contribution in [0.1, 0.15) is 39.0 Å². The van der Waals surface area contributed by atoms with Gasteiger partial charge in [-0.25, -0.2) is 0 Å². The number of methoxy groups -OCH3 is 1. The van der Waals surface area contributed by atoms with Crippen molar-refractivity contribution in [1.29, 1.82) is 0 Å². The lowest BCUT2D eigenvalue weighted by atomic mass is 9.97. The maximum Gasteiger partial charge on any atom is 0.242 e. The zero-order chi connectivity index (χ0) is 15.8. The molecule has 0 fully saturated rings. The van der Waals surface area contributed by atoms with Crippen molar-refractivity contribution in [2.45, 2.75) is 45.1 Å². The van der Waals surface area contributed by atoms with E-state index in [0.717, 1.165) is 17.9 Å². The highest BCUT2D eigenvalue weighted by atomic mass is 16.5. The van der Waals surface area contributed by atoms with E-state index in [1.807, 2.05) is 31.2 Å². The van der Waals surface area contributed by atoms with Crippen molar-refractivity contribution >= 4 is 11.6 Å². The summed E-state index contributed by atoms with van der Waals surface area (Å²) in [7, 11) is 1.63. The second-order valence-corrected chi connectivity index (χ2v) is 5.72. The molecule has 0 spiro atoms. The van der Waals surface area contributed by atoms with Gasteiger partial charge >= 0.3 is 0 Å². The molecule has 1 atom stereocenters. The molecule has 0 bridgehead atoms. The summed E-state index contributed by atoms with van der Waals surface area (Å²) in [6, 6.07) is 7.33. The number of carbonyl (C=O) groups is 1. The van der Waals surface area contributed by atoms with Crippen LogP contribution in [0.5, 0.6) is 5.75 Å². The highest BCUT2D eigenvalue weighted by Crippen LogP contribution is 2.23. The average Bonchev–Trinajstić information content (AvgIpc) is 2.56. The third-order valence-electron chi connectivity index (χ3n) is 4.00. The van der Waals surface area contributed by atoms with Gasteiger partial charge in [-0.1, -0.05) is 23.8 Å². The van der Waals surface area contributed by atoms with E-state index in [-0.39, 0.29) is 11.9 Å². The van der Waals surface area contributed by atoms with Crippen LogP contribution in [0.25, 0.3) is 0 Å². The molecule has 0 saturated heterocycles. The number of rotatable bonds is 7. The first-order chi connectivity index (χ1) is 10.7. The lowest BCUT2D eigenvalue weighted by molar-refractivity contribution is -0.121. The molecule has 22 heavy (non-hydrogen) atoms. The molecule has 0 saturated carbocycles. The highest BCUT2D eigenvalue weighted by molar-refractivity contribution is 5.84. The molecule has 1 aromatic carbocycles. The van der Waals surface area contributed by atoms with Crippen LogP contribution in [0.15, 0.2) is 35.9 Å². The molecule has 0 unspecified atom stereocenters. The number of para-hydroxylation sites is 2. The Hall–Kier alpha value is -1.97. The summed E-state index contributed by atoms with van der Waals surface area (Å²) in [6.45, 7) is 2.57. The van der Waals surface area contributed by atoms with Crippen LogP contribution in [0.4, 0.5) is 5.69 Å². The Kier molecular flexibility index (Phi) is 6.31. The third kappa shape index (κ3) is 4.79. The van der Waals surface area contributed by atoms with Crippen molar-refractivity contribution < 1.29 is 9.53 Å². The minimum absolute atomic E-state index is 0.0160. The minimum atomic E-state index is -0.295. The van der Waals surface area contributed by atoms with Gasteiger partial charge in [0, 0.05) is 6.54 Å². The molecule has 4 heteroatoms. The molecule has 0 aliphatic heterocycles. The lowest BCUT2D eigenvalue weighted by Crippen LogP contribution is -2.38.